The number of hydrogen-bond donors (Lipinski definition) is 2. The minimum Gasteiger partial charge on any atom is -0.394 e. The molecule has 0 aromatic carbocycles. The van der Waals surface area contributed by atoms with Crippen molar-refractivity contribution in [1.82, 2.24) is 5.32 Å². The van der Waals surface area contributed by atoms with Gasteiger partial charge in [0.15, 0.2) is 0 Å². The second kappa shape index (κ2) is 13.9. The fourth-order valence-corrected chi connectivity index (χ4v) is 2.17. The summed E-state index contributed by atoms with van der Waals surface area (Å²) in [6.07, 6.45) is 12.8. The first-order valence-corrected chi connectivity index (χ1v) is 8.14. The van der Waals surface area contributed by atoms with Gasteiger partial charge in [-0.05, 0) is 12.8 Å². The Morgan fingerprint density at radius 3 is 1.95 bits per heavy atom. The highest BCUT2D eigenvalue weighted by Gasteiger charge is 2.08. The van der Waals surface area contributed by atoms with E-state index in [9.17, 15) is 4.79 Å². The van der Waals surface area contributed by atoms with Gasteiger partial charge in [0.25, 0.3) is 0 Å². The monoisotopic (exact) mass is 271 g/mol. The first-order valence-electron chi connectivity index (χ1n) is 8.14. The maximum atomic E-state index is 11.6. The van der Waals surface area contributed by atoms with E-state index in [-0.39, 0.29) is 18.6 Å². The molecule has 0 aliphatic carbocycles. The summed E-state index contributed by atoms with van der Waals surface area (Å²) in [5, 5.41) is 11.8. The topological polar surface area (TPSA) is 49.3 Å². The van der Waals surface area contributed by atoms with Gasteiger partial charge in [0, 0.05) is 6.42 Å². The van der Waals surface area contributed by atoms with Crippen LogP contribution in [0.4, 0.5) is 0 Å². The summed E-state index contributed by atoms with van der Waals surface area (Å²) in [5.74, 6) is 0.0869. The van der Waals surface area contributed by atoms with Crippen LogP contribution < -0.4 is 5.32 Å². The molecule has 0 saturated heterocycles. The number of aliphatic hydroxyl groups is 1. The summed E-state index contributed by atoms with van der Waals surface area (Å²) in [6.45, 7) is 4.25. The number of nitrogens with one attached hydrogen (secondary N) is 1. The molecule has 0 aliphatic heterocycles. The summed E-state index contributed by atoms with van der Waals surface area (Å²) in [7, 11) is 0. The molecule has 3 nitrogen and oxygen atoms in total. The van der Waals surface area contributed by atoms with E-state index in [0.717, 1.165) is 19.3 Å². The molecule has 0 radical (unpaired) electrons. The van der Waals surface area contributed by atoms with Crippen LogP contribution in [0.3, 0.4) is 0 Å². The Kier molecular flexibility index (Phi) is 13.4. The lowest BCUT2D eigenvalue weighted by atomic mass is 10.1. The lowest BCUT2D eigenvalue weighted by molar-refractivity contribution is -0.122. The highest BCUT2D eigenvalue weighted by atomic mass is 16.3. The van der Waals surface area contributed by atoms with Crippen molar-refractivity contribution >= 4 is 5.91 Å². The van der Waals surface area contributed by atoms with Gasteiger partial charge in [-0.1, -0.05) is 65.2 Å². The minimum absolute atomic E-state index is 0.0417. The predicted octanol–water partition coefficient (Wildman–Crippen LogP) is 3.79. The minimum atomic E-state index is -0.0638. The molecular formula is C16H33NO2. The average Bonchev–Trinajstić information content (AvgIpc) is 2.43. The van der Waals surface area contributed by atoms with Crippen LogP contribution in [0.5, 0.6) is 0 Å². The van der Waals surface area contributed by atoms with Crippen molar-refractivity contribution in [2.24, 2.45) is 0 Å². The second-order valence-corrected chi connectivity index (χ2v) is 5.43. The molecule has 0 unspecified atom stereocenters. The third-order valence-corrected chi connectivity index (χ3v) is 3.59. The number of aliphatic hydroxyl groups excluding tert-OH is 1. The normalized spacial score (nSPS) is 12.4. The van der Waals surface area contributed by atoms with Gasteiger partial charge in [-0.25, -0.2) is 0 Å². The fraction of sp³-hybridized carbons (Fsp3) is 0.938. The second-order valence-electron chi connectivity index (χ2n) is 5.43. The molecule has 0 rings (SSSR count). The van der Waals surface area contributed by atoms with Gasteiger partial charge in [-0.3, -0.25) is 4.79 Å². The molecule has 0 bridgehead atoms. The van der Waals surface area contributed by atoms with Gasteiger partial charge >= 0.3 is 0 Å². The Balaban J connectivity index is 3.27. The number of unbranched alkanes of at least 4 members (excludes halogenated alkanes) is 8. The largest absolute Gasteiger partial charge is 0.394 e. The molecule has 0 fully saturated rings. The van der Waals surface area contributed by atoms with Gasteiger partial charge in [-0.15, -0.1) is 0 Å². The molecule has 0 aliphatic rings. The van der Waals surface area contributed by atoms with Crippen molar-refractivity contribution < 1.29 is 9.90 Å². The standard InChI is InChI=1S/C16H33NO2/c1-3-5-6-7-8-9-10-11-12-13-16(19)17-15(4-2)14-18/h15,18H,3-14H2,1-2H3,(H,17,19)/t15-/m1/s1. The molecule has 0 spiro atoms. The maximum Gasteiger partial charge on any atom is 0.220 e. The zero-order valence-corrected chi connectivity index (χ0v) is 12.9. The lowest BCUT2D eigenvalue weighted by Gasteiger charge is -2.13. The fourth-order valence-electron chi connectivity index (χ4n) is 2.17. The third kappa shape index (κ3) is 12.2. The van der Waals surface area contributed by atoms with Crippen LogP contribution in [0, 0.1) is 0 Å². The molecule has 0 aromatic heterocycles. The van der Waals surface area contributed by atoms with Gasteiger partial charge in [0.1, 0.15) is 0 Å². The molecule has 19 heavy (non-hydrogen) atoms. The molecule has 1 amide bonds. The summed E-state index contributed by atoms with van der Waals surface area (Å²) < 4.78 is 0. The van der Waals surface area contributed by atoms with E-state index in [2.05, 4.69) is 12.2 Å². The van der Waals surface area contributed by atoms with Crippen molar-refractivity contribution in [3.8, 4) is 0 Å². The van der Waals surface area contributed by atoms with E-state index in [4.69, 9.17) is 5.11 Å². The van der Waals surface area contributed by atoms with Crippen LogP contribution in [-0.2, 0) is 4.79 Å². The van der Waals surface area contributed by atoms with Gasteiger partial charge in [0.05, 0.1) is 12.6 Å². The number of amides is 1. The molecular weight excluding hydrogens is 238 g/mol. The van der Waals surface area contributed by atoms with Crippen LogP contribution in [-0.4, -0.2) is 23.7 Å². The van der Waals surface area contributed by atoms with Crippen molar-refractivity contribution in [2.75, 3.05) is 6.61 Å². The summed E-state index contributed by atoms with van der Waals surface area (Å²) in [6, 6.07) is -0.0638. The van der Waals surface area contributed by atoms with E-state index in [1.165, 1.54) is 44.9 Å². The number of hydrogen-bond acceptors (Lipinski definition) is 2. The summed E-state index contributed by atoms with van der Waals surface area (Å²) >= 11 is 0. The van der Waals surface area contributed by atoms with E-state index in [1.54, 1.807) is 0 Å². The SMILES string of the molecule is CCCCCCCCCCCC(=O)N[C@H](CC)CO. The highest BCUT2D eigenvalue weighted by molar-refractivity contribution is 5.76. The Bertz CT molecular complexity index is 203. The molecule has 1 atom stereocenters. The zero-order chi connectivity index (χ0) is 14.3. The zero-order valence-electron chi connectivity index (χ0n) is 12.9. The summed E-state index contributed by atoms with van der Waals surface area (Å²) in [4.78, 5) is 11.6. The van der Waals surface area contributed by atoms with E-state index >= 15 is 0 Å². The molecule has 0 saturated carbocycles. The third-order valence-electron chi connectivity index (χ3n) is 3.59. The maximum absolute atomic E-state index is 11.6. The molecule has 3 heteroatoms. The van der Waals surface area contributed by atoms with Crippen LogP contribution in [0.1, 0.15) is 84.5 Å². The van der Waals surface area contributed by atoms with E-state index in [0.29, 0.717) is 6.42 Å². The van der Waals surface area contributed by atoms with E-state index in [1.807, 2.05) is 6.92 Å². The van der Waals surface area contributed by atoms with Crippen molar-refractivity contribution in [2.45, 2.75) is 90.5 Å². The van der Waals surface area contributed by atoms with Gasteiger partial charge in [-0.2, -0.15) is 0 Å². The van der Waals surface area contributed by atoms with Gasteiger partial charge in [0.2, 0.25) is 5.91 Å². The van der Waals surface area contributed by atoms with Gasteiger partial charge < -0.3 is 10.4 Å². The summed E-state index contributed by atoms with van der Waals surface area (Å²) in [5.41, 5.74) is 0. The average molecular weight is 271 g/mol. The van der Waals surface area contributed by atoms with E-state index < -0.39 is 0 Å². The van der Waals surface area contributed by atoms with Crippen molar-refractivity contribution in [3.05, 3.63) is 0 Å². The molecule has 114 valence electrons. The Morgan fingerprint density at radius 2 is 1.47 bits per heavy atom. The van der Waals surface area contributed by atoms with Crippen LogP contribution in [0.15, 0.2) is 0 Å². The quantitative estimate of drug-likeness (QED) is 0.501. The number of carbonyl (C=O) groups excluding carboxylic acids is 1. The van der Waals surface area contributed by atoms with Crippen LogP contribution >= 0.6 is 0 Å². The first-order chi connectivity index (χ1) is 9.24. The van der Waals surface area contributed by atoms with Crippen molar-refractivity contribution in [3.63, 3.8) is 0 Å². The molecule has 0 heterocycles. The number of rotatable bonds is 13. The number of carbonyl (C=O) groups is 1. The molecule has 0 aromatic rings. The predicted molar refractivity (Wildman–Crippen MR) is 81.2 cm³/mol. The Hall–Kier alpha value is -0.570. The first kappa shape index (κ1) is 18.4. The Morgan fingerprint density at radius 1 is 0.947 bits per heavy atom. The van der Waals surface area contributed by atoms with Crippen LogP contribution in [0.2, 0.25) is 0 Å². The lowest BCUT2D eigenvalue weighted by Crippen LogP contribution is -2.36. The van der Waals surface area contributed by atoms with Crippen LogP contribution in [0.25, 0.3) is 0 Å². The highest BCUT2D eigenvalue weighted by Crippen LogP contribution is 2.10. The van der Waals surface area contributed by atoms with Crippen molar-refractivity contribution in [1.29, 1.82) is 0 Å². The smallest absolute Gasteiger partial charge is 0.220 e. The Labute approximate surface area is 119 Å². The molecule has 2 N–H and O–H groups in total.